The molecule has 2 heterocycles. The number of aromatic nitrogens is 4. The Morgan fingerprint density at radius 3 is 2.92 bits per heavy atom. The summed E-state index contributed by atoms with van der Waals surface area (Å²) < 4.78 is 1.70. The van der Waals surface area contributed by atoms with Crippen LogP contribution in [-0.2, 0) is 6.67 Å². The molecular weight excluding hydrogens is 156 g/mol. The second-order valence-electron chi connectivity index (χ2n) is 2.33. The van der Waals surface area contributed by atoms with Crippen LogP contribution >= 0.6 is 0 Å². The van der Waals surface area contributed by atoms with Crippen LogP contribution in [0.4, 0.5) is 5.82 Å². The zero-order valence-electron chi connectivity index (χ0n) is 6.31. The normalized spacial score (nSPS) is 10.8. The zero-order chi connectivity index (χ0) is 8.55. The van der Waals surface area contributed by atoms with Crippen LogP contribution in [0.15, 0.2) is 12.7 Å². The van der Waals surface area contributed by atoms with E-state index in [0.717, 1.165) is 0 Å². The first-order valence-corrected chi connectivity index (χ1v) is 3.44. The van der Waals surface area contributed by atoms with E-state index in [0.29, 0.717) is 23.7 Å². The van der Waals surface area contributed by atoms with Crippen LogP contribution in [-0.4, -0.2) is 19.5 Å². The van der Waals surface area contributed by atoms with Gasteiger partial charge in [-0.05, 0) is 0 Å². The van der Waals surface area contributed by atoms with E-state index in [9.17, 15) is 0 Å². The molecule has 0 fully saturated rings. The lowest BCUT2D eigenvalue weighted by atomic mass is 10.5. The van der Waals surface area contributed by atoms with Gasteiger partial charge in [0.05, 0.1) is 13.0 Å². The van der Waals surface area contributed by atoms with Gasteiger partial charge in [-0.2, -0.15) is 0 Å². The number of fused-ring (bicyclic) bond motifs is 1. The Kier molecular flexibility index (Phi) is 1.41. The Hall–Kier alpha value is -1.69. The van der Waals surface area contributed by atoms with Gasteiger partial charge in [0, 0.05) is 0 Å². The van der Waals surface area contributed by atoms with E-state index in [1.807, 2.05) is 0 Å². The van der Waals surface area contributed by atoms with Crippen LogP contribution in [0.1, 0.15) is 0 Å². The van der Waals surface area contributed by atoms with Crippen LogP contribution in [0.5, 0.6) is 0 Å². The Morgan fingerprint density at radius 1 is 1.33 bits per heavy atom. The minimum Gasteiger partial charge on any atom is -0.382 e. The second kappa shape index (κ2) is 2.42. The van der Waals surface area contributed by atoms with Gasteiger partial charge in [-0.25, -0.2) is 15.0 Å². The summed E-state index contributed by atoms with van der Waals surface area (Å²) in [6.45, 7) is 0.327. The Bertz CT molecular complexity index is 405. The van der Waals surface area contributed by atoms with E-state index in [-0.39, 0.29) is 0 Å². The highest BCUT2D eigenvalue weighted by molar-refractivity contribution is 5.81. The fraction of sp³-hybridized carbons (Fsp3) is 0.167. The number of nitrogens with zero attached hydrogens (tertiary/aromatic N) is 4. The van der Waals surface area contributed by atoms with E-state index in [2.05, 4.69) is 15.0 Å². The van der Waals surface area contributed by atoms with Gasteiger partial charge in [0.2, 0.25) is 0 Å². The molecule has 0 amide bonds. The number of hydrogen-bond acceptors (Lipinski definition) is 5. The van der Waals surface area contributed by atoms with Gasteiger partial charge >= 0.3 is 0 Å². The van der Waals surface area contributed by atoms with Gasteiger partial charge in [-0.15, -0.1) is 0 Å². The Morgan fingerprint density at radius 2 is 2.17 bits per heavy atom. The SMILES string of the molecule is NCn1cnc2ncnc(N)c21. The largest absolute Gasteiger partial charge is 0.382 e. The molecule has 0 radical (unpaired) electrons. The minimum absolute atomic E-state index is 0.327. The molecule has 0 aliphatic carbocycles. The molecule has 62 valence electrons. The number of anilines is 1. The topological polar surface area (TPSA) is 95.6 Å². The van der Waals surface area contributed by atoms with Crippen molar-refractivity contribution < 1.29 is 0 Å². The molecule has 0 aliphatic heterocycles. The summed E-state index contributed by atoms with van der Waals surface area (Å²) >= 11 is 0. The molecule has 4 N–H and O–H groups in total. The van der Waals surface area contributed by atoms with Gasteiger partial charge in [0.1, 0.15) is 11.8 Å². The molecular formula is C6H8N6. The van der Waals surface area contributed by atoms with Gasteiger partial charge in [0.25, 0.3) is 0 Å². The summed E-state index contributed by atoms with van der Waals surface area (Å²) in [6, 6.07) is 0. The van der Waals surface area contributed by atoms with Crippen LogP contribution in [0.25, 0.3) is 11.2 Å². The fourth-order valence-corrected chi connectivity index (χ4v) is 1.07. The van der Waals surface area contributed by atoms with Crippen molar-refractivity contribution in [1.82, 2.24) is 19.5 Å². The van der Waals surface area contributed by atoms with Crippen LogP contribution in [0.3, 0.4) is 0 Å². The first-order chi connectivity index (χ1) is 5.83. The van der Waals surface area contributed by atoms with E-state index in [1.165, 1.54) is 6.33 Å². The quantitative estimate of drug-likeness (QED) is 0.582. The summed E-state index contributed by atoms with van der Waals surface area (Å²) in [5.74, 6) is 0.406. The lowest BCUT2D eigenvalue weighted by Gasteiger charge is -1.99. The van der Waals surface area contributed by atoms with E-state index in [4.69, 9.17) is 11.5 Å². The highest BCUT2D eigenvalue weighted by Crippen LogP contribution is 2.13. The third-order valence-electron chi connectivity index (χ3n) is 1.63. The average molecular weight is 164 g/mol. The highest BCUT2D eigenvalue weighted by Gasteiger charge is 2.05. The number of rotatable bonds is 1. The summed E-state index contributed by atoms with van der Waals surface area (Å²) in [5, 5.41) is 0. The van der Waals surface area contributed by atoms with Crippen molar-refractivity contribution in [2.75, 3.05) is 5.73 Å². The molecule has 2 rings (SSSR count). The molecule has 0 atom stereocenters. The predicted octanol–water partition coefficient (Wildman–Crippen LogP) is -0.675. The summed E-state index contributed by atoms with van der Waals surface area (Å²) in [5.41, 5.74) is 12.3. The van der Waals surface area contributed by atoms with Crippen LogP contribution in [0, 0.1) is 0 Å². The first kappa shape index (κ1) is 6.99. The lowest BCUT2D eigenvalue weighted by molar-refractivity contribution is 0.754. The number of nitrogens with two attached hydrogens (primary N) is 2. The third kappa shape index (κ3) is 0.817. The molecule has 2 aromatic heterocycles. The fourth-order valence-electron chi connectivity index (χ4n) is 1.07. The molecule has 0 bridgehead atoms. The maximum atomic E-state index is 5.61. The molecule has 0 saturated carbocycles. The molecule has 12 heavy (non-hydrogen) atoms. The van der Waals surface area contributed by atoms with Gasteiger partial charge < -0.3 is 16.0 Å². The number of imidazole rings is 1. The van der Waals surface area contributed by atoms with Gasteiger partial charge in [-0.3, -0.25) is 0 Å². The van der Waals surface area contributed by atoms with Crippen molar-refractivity contribution in [3.8, 4) is 0 Å². The van der Waals surface area contributed by atoms with Crippen LogP contribution in [0.2, 0.25) is 0 Å². The number of nitrogen functional groups attached to an aromatic ring is 1. The molecule has 0 saturated heterocycles. The monoisotopic (exact) mass is 164 g/mol. The standard InChI is InChI=1S/C6H8N6/c7-1-12-3-11-6-4(12)5(8)9-2-10-6/h2-3H,1,7H2,(H2,8,9,10). The maximum Gasteiger partial charge on any atom is 0.183 e. The van der Waals surface area contributed by atoms with Crippen molar-refractivity contribution in [3.05, 3.63) is 12.7 Å². The Labute approximate surface area is 68.2 Å². The highest BCUT2D eigenvalue weighted by atomic mass is 15.1. The van der Waals surface area contributed by atoms with Gasteiger partial charge in [-0.1, -0.05) is 0 Å². The summed E-state index contributed by atoms with van der Waals surface area (Å²) in [7, 11) is 0. The molecule has 2 aromatic rings. The molecule has 0 unspecified atom stereocenters. The molecule has 6 nitrogen and oxygen atoms in total. The second-order valence-corrected chi connectivity index (χ2v) is 2.33. The van der Waals surface area contributed by atoms with Gasteiger partial charge in [0.15, 0.2) is 11.5 Å². The van der Waals surface area contributed by atoms with Crippen LogP contribution < -0.4 is 11.5 Å². The molecule has 0 spiro atoms. The number of hydrogen-bond donors (Lipinski definition) is 2. The van der Waals surface area contributed by atoms with E-state index >= 15 is 0 Å². The average Bonchev–Trinajstić information content (AvgIpc) is 2.49. The van der Waals surface area contributed by atoms with Crippen molar-refractivity contribution in [3.63, 3.8) is 0 Å². The van der Waals surface area contributed by atoms with Crippen molar-refractivity contribution in [2.24, 2.45) is 5.73 Å². The summed E-state index contributed by atoms with van der Waals surface area (Å²) in [6.07, 6.45) is 2.97. The molecule has 0 aromatic carbocycles. The predicted molar refractivity (Wildman–Crippen MR) is 43.9 cm³/mol. The van der Waals surface area contributed by atoms with E-state index < -0.39 is 0 Å². The van der Waals surface area contributed by atoms with Crippen molar-refractivity contribution >= 4 is 17.0 Å². The lowest BCUT2D eigenvalue weighted by Crippen LogP contribution is -2.07. The molecule has 6 heteroatoms. The van der Waals surface area contributed by atoms with E-state index in [1.54, 1.807) is 10.9 Å². The molecule has 0 aliphatic rings. The minimum atomic E-state index is 0.327. The Balaban J connectivity index is 2.83. The van der Waals surface area contributed by atoms with Crippen molar-refractivity contribution in [1.29, 1.82) is 0 Å². The third-order valence-corrected chi connectivity index (χ3v) is 1.63. The van der Waals surface area contributed by atoms with Crippen molar-refractivity contribution in [2.45, 2.75) is 6.67 Å². The summed E-state index contributed by atoms with van der Waals surface area (Å²) in [4.78, 5) is 11.8. The zero-order valence-corrected chi connectivity index (χ0v) is 6.31. The smallest absolute Gasteiger partial charge is 0.183 e. The maximum absolute atomic E-state index is 5.61. The first-order valence-electron chi connectivity index (χ1n) is 3.44.